The summed E-state index contributed by atoms with van der Waals surface area (Å²) in [4.78, 5) is 22.8. The molecule has 1 saturated heterocycles. The fourth-order valence-corrected chi connectivity index (χ4v) is 2.87. The van der Waals surface area contributed by atoms with Crippen molar-refractivity contribution in [1.82, 2.24) is 15.3 Å². The molecule has 1 aromatic heterocycles. The number of amides is 1. The molecule has 0 saturated carbocycles. The number of aromatic nitrogens is 2. The lowest BCUT2D eigenvalue weighted by Crippen LogP contribution is -2.48. The van der Waals surface area contributed by atoms with E-state index in [9.17, 15) is 4.79 Å². The Hall–Kier alpha value is -1.56. The summed E-state index contributed by atoms with van der Waals surface area (Å²) in [6.07, 6.45) is 2.78. The Morgan fingerprint density at radius 1 is 1.43 bits per heavy atom. The van der Waals surface area contributed by atoms with E-state index in [1.165, 1.54) is 0 Å². The van der Waals surface area contributed by atoms with Crippen LogP contribution >= 0.6 is 11.6 Å². The van der Waals surface area contributed by atoms with Gasteiger partial charge in [-0.2, -0.15) is 0 Å². The van der Waals surface area contributed by atoms with E-state index < -0.39 is 11.7 Å². The highest BCUT2D eigenvalue weighted by Crippen LogP contribution is 2.23. The standard InChI is InChI=1S/C16H25ClN4O2/c1-11-9-13(17)20-14(19-11)21-8-6-5-7-12(21)10-18-15(22)23-16(2,3)4/h9,12H,5-8,10H2,1-4H3,(H,18,22). The molecule has 1 aliphatic heterocycles. The molecule has 1 aliphatic rings. The van der Waals surface area contributed by atoms with Crippen molar-refractivity contribution in [1.29, 1.82) is 0 Å². The summed E-state index contributed by atoms with van der Waals surface area (Å²) in [7, 11) is 0. The van der Waals surface area contributed by atoms with Gasteiger partial charge in [-0.25, -0.2) is 14.8 Å². The summed E-state index contributed by atoms with van der Waals surface area (Å²) in [5.41, 5.74) is 0.341. The Bertz CT molecular complexity index is 539. The SMILES string of the molecule is Cc1cc(Cl)nc(N2CCCCC2CNC(=O)OC(C)(C)C)n1. The number of carbonyl (C=O) groups excluding carboxylic acids is 1. The summed E-state index contributed by atoms with van der Waals surface area (Å²) in [5.74, 6) is 0.630. The van der Waals surface area contributed by atoms with E-state index in [0.29, 0.717) is 17.6 Å². The van der Waals surface area contributed by atoms with Gasteiger partial charge in [-0.15, -0.1) is 0 Å². The smallest absolute Gasteiger partial charge is 0.407 e. The molecule has 2 heterocycles. The van der Waals surface area contributed by atoms with Gasteiger partial charge in [0.1, 0.15) is 10.8 Å². The lowest BCUT2D eigenvalue weighted by atomic mass is 10.0. The Balaban J connectivity index is 2.02. The number of ether oxygens (including phenoxy) is 1. The Labute approximate surface area is 142 Å². The number of nitrogens with one attached hydrogen (secondary N) is 1. The zero-order valence-electron chi connectivity index (χ0n) is 14.2. The molecule has 0 aromatic carbocycles. The number of anilines is 1. The van der Waals surface area contributed by atoms with E-state index >= 15 is 0 Å². The molecule has 1 fully saturated rings. The van der Waals surface area contributed by atoms with Gasteiger partial charge in [0, 0.05) is 24.8 Å². The van der Waals surface area contributed by atoms with Crippen LogP contribution in [-0.2, 0) is 4.74 Å². The molecule has 128 valence electrons. The molecule has 7 heteroatoms. The number of hydrogen-bond acceptors (Lipinski definition) is 5. The van der Waals surface area contributed by atoms with E-state index in [-0.39, 0.29) is 6.04 Å². The van der Waals surface area contributed by atoms with Crippen molar-refractivity contribution in [3.05, 3.63) is 16.9 Å². The summed E-state index contributed by atoms with van der Waals surface area (Å²) < 4.78 is 5.29. The summed E-state index contributed by atoms with van der Waals surface area (Å²) >= 11 is 6.05. The number of alkyl carbamates (subject to hydrolysis) is 1. The van der Waals surface area contributed by atoms with Crippen molar-refractivity contribution in [2.45, 2.75) is 58.6 Å². The third-order valence-corrected chi connectivity index (χ3v) is 3.77. The van der Waals surface area contributed by atoms with E-state index in [1.54, 1.807) is 6.07 Å². The first-order valence-electron chi connectivity index (χ1n) is 7.99. The number of hydrogen-bond donors (Lipinski definition) is 1. The highest BCUT2D eigenvalue weighted by molar-refractivity contribution is 6.29. The predicted octanol–water partition coefficient (Wildman–Crippen LogP) is 3.32. The maximum Gasteiger partial charge on any atom is 0.407 e. The van der Waals surface area contributed by atoms with Crippen molar-refractivity contribution in [2.75, 3.05) is 18.0 Å². The number of rotatable bonds is 3. The van der Waals surface area contributed by atoms with Gasteiger partial charge in [-0.3, -0.25) is 0 Å². The number of carbonyl (C=O) groups is 1. The van der Waals surface area contributed by atoms with Crippen LogP contribution in [-0.4, -0.2) is 40.8 Å². The topological polar surface area (TPSA) is 67.4 Å². The zero-order chi connectivity index (χ0) is 17.0. The second-order valence-electron chi connectivity index (χ2n) is 6.86. The minimum absolute atomic E-state index is 0.147. The lowest BCUT2D eigenvalue weighted by Gasteiger charge is -2.36. The molecule has 0 aliphatic carbocycles. The van der Waals surface area contributed by atoms with Gasteiger partial charge in [0.05, 0.1) is 0 Å². The Morgan fingerprint density at radius 2 is 2.17 bits per heavy atom. The summed E-state index contributed by atoms with van der Waals surface area (Å²) in [6, 6.07) is 1.89. The zero-order valence-corrected chi connectivity index (χ0v) is 15.0. The molecule has 2 rings (SSSR count). The van der Waals surface area contributed by atoms with Crippen LogP contribution in [0.5, 0.6) is 0 Å². The molecule has 0 radical (unpaired) electrons. The van der Waals surface area contributed by atoms with Crippen molar-refractivity contribution in [3.63, 3.8) is 0 Å². The quantitative estimate of drug-likeness (QED) is 0.855. The highest BCUT2D eigenvalue weighted by Gasteiger charge is 2.26. The largest absolute Gasteiger partial charge is 0.444 e. The van der Waals surface area contributed by atoms with Gasteiger partial charge in [-0.05, 0) is 53.0 Å². The van der Waals surface area contributed by atoms with Crippen LogP contribution in [0.2, 0.25) is 5.15 Å². The van der Waals surface area contributed by atoms with E-state index in [2.05, 4.69) is 20.2 Å². The minimum Gasteiger partial charge on any atom is -0.444 e. The lowest BCUT2D eigenvalue weighted by molar-refractivity contribution is 0.0522. The van der Waals surface area contributed by atoms with Crippen LogP contribution in [0.4, 0.5) is 10.7 Å². The normalized spacial score (nSPS) is 18.7. The number of piperidine rings is 1. The first-order valence-corrected chi connectivity index (χ1v) is 8.37. The van der Waals surface area contributed by atoms with Crippen LogP contribution in [0.3, 0.4) is 0 Å². The van der Waals surface area contributed by atoms with Crippen molar-refractivity contribution in [2.24, 2.45) is 0 Å². The second-order valence-corrected chi connectivity index (χ2v) is 7.25. The van der Waals surface area contributed by atoms with Crippen LogP contribution in [0.25, 0.3) is 0 Å². The van der Waals surface area contributed by atoms with Crippen LogP contribution in [0.1, 0.15) is 45.7 Å². The maximum absolute atomic E-state index is 11.8. The first-order chi connectivity index (χ1) is 10.7. The van der Waals surface area contributed by atoms with Crippen molar-refractivity contribution in [3.8, 4) is 0 Å². The fourth-order valence-electron chi connectivity index (χ4n) is 2.64. The molecule has 1 unspecified atom stereocenters. The van der Waals surface area contributed by atoms with Crippen LogP contribution < -0.4 is 10.2 Å². The average Bonchev–Trinajstić information content (AvgIpc) is 2.42. The average molecular weight is 341 g/mol. The first kappa shape index (κ1) is 17.8. The molecule has 0 bridgehead atoms. The predicted molar refractivity (Wildman–Crippen MR) is 91.0 cm³/mol. The van der Waals surface area contributed by atoms with Gasteiger partial charge in [-0.1, -0.05) is 11.6 Å². The second kappa shape index (κ2) is 7.34. The molecule has 1 N–H and O–H groups in total. The number of aryl methyl sites for hydroxylation is 1. The van der Waals surface area contributed by atoms with Crippen LogP contribution in [0, 0.1) is 6.92 Å². The molecule has 0 spiro atoms. The van der Waals surface area contributed by atoms with Gasteiger partial charge in [0.15, 0.2) is 0 Å². The third kappa shape index (κ3) is 5.53. The summed E-state index contributed by atoms with van der Waals surface area (Å²) in [6.45, 7) is 8.81. The van der Waals surface area contributed by atoms with Gasteiger partial charge < -0.3 is 15.0 Å². The van der Waals surface area contributed by atoms with Crippen molar-refractivity contribution < 1.29 is 9.53 Å². The fraction of sp³-hybridized carbons (Fsp3) is 0.688. The van der Waals surface area contributed by atoms with Crippen LogP contribution in [0.15, 0.2) is 6.07 Å². The van der Waals surface area contributed by atoms with Gasteiger partial charge in [0.2, 0.25) is 5.95 Å². The number of nitrogens with zero attached hydrogens (tertiary/aromatic N) is 3. The van der Waals surface area contributed by atoms with Gasteiger partial charge >= 0.3 is 6.09 Å². The summed E-state index contributed by atoms with van der Waals surface area (Å²) in [5, 5.41) is 3.29. The third-order valence-electron chi connectivity index (χ3n) is 3.58. The molecule has 1 atom stereocenters. The molecular weight excluding hydrogens is 316 g/mol. The molecule has 6 nitrogen and oxygen atoms in total. The van der Waals surface area contributed by atoms with E-state index in [4.69, 9.17) is 16.3 Å². The van der Waals surface area contributed by atoms with Gasteiger partial charge in [0.25, 0.3) is 0 Å². The molecule has 23 heavy (non-hydrogen) atoms. The monoisotopic (exact) mass is 340 g/mol. The molecular formula is C16H25ClN4O2. The molecule has 1 amide bonds. The Morgan fingerprint density at radius 3 is 2.83 bits per heavy atom. The Kier molecular flexibility index (Phi) is 5.68. The number of halogens is 1. The van der Waals surface area contributed by atoms with Crippen molar-refractivity contribution >= 4 is 23.6 Å². The molecule has 1 aromatic rings. The van der Waals surface area contributed by atoms with E-state index in [1.807, 2.05) is 27.7 Å². The van der Waals surface area contributed by atoms with E-state index in [0.717, 1.165) is 31.5 Å². The maximum atomic E-state index is 11.8. The minimum atomic E-state index is -0.497. The highest BCUT2D eigenvalue weighted by atomic mass is 35.5.